The monoisotopic (exact) mass is 416 g/mol. The molecule has 2 aromatic carbocycles. The topological polar surface area (TPSA) is 69.3 Å². The highest BCUT2D eigenvalue weighted by molar-refractivity contribution is 5.97. The SMILES string of the molecule is O=C(Cc1ccc(F)cc1)N1CCN(C(=O)c2ccc3nc(C(F)F)[nH]c3c2)CC1. The summed E-state index contributed by atoms with van der Waals surface area (Å²) in [5.74, 6) is -1.08. The quantitative estimate of drug-likeness (QED) is 0.710. The number of H-pyrrole nitrogens is 1. The molecule has 0 saturated carbocycles. The van der Waals surface area contributed by atoms with Gasteiger partial charge in [-0.05, 0) is 35.9 Å². The van der Waals surface area contributed by atoms with E-state index in [0.29, 0.717) is 42.8 Å². The van der Waals surface area contributed by atoms with Crippen molar-refractivity contribution < 1.29 is 22.8 Å². The number of alkyl halides is 2. The number of carbonyl (C=O) groups excluding carboxylic acids is 2. The van der Waals surface area contributed by atoms with Gasteiger partial charge in [0.25, 0.3) is 12.3 Å². The van der Waals surface area contributed by atoms with E-state index in [9.17, 15) is 22.8 Å². The molecule has 1 aliphatic rings. The Kier molecular flexibility index (Phi) is 5.43. The molecule has 2 amide bonds. The Morgan fingerprint density at radius 2 is 1.67 bits per heavy atom. The van der Waals surface area contributed by atoms with Crippen LogP contribution in [0.25, 0.3) is 11.0 Å². The van der Waals surface area contributed by atoms with Crippen LogP contribution in [-0.2, 0) is 11.2 Å². The van der Waals surface area contributed by atoms with Gasteiger partial charge in [-0.15, -0.1) is 0 Å². The summed E-state index contributed by atoms with van der Waals surface area (Å²) >= 11 is 0. The zero-order chi connectivity index (χ0) is 21.3. The summed E-state index contributed by atoms with van der Waals surface area (Å²) in [5.41, 5.74) is 1.86. The van der Waals surface area contributed by atoms with Crippen molar-refractivity contribution in [2.24, 2.45) is 0 Å². The molecule has 6 nitrogen and oxygen atoms in total. The second kappa shape index (κ2) is 8.17. The molecule has 4 rings (SSSR count). The molecule has 0 unspecified atom stereocenters. The molecule has 0 atom stereocenters. The van der Waals surface area contributed by atoms with Crippen molar-refractivity contribution in [3.05, 3.63) is 65.2 Å². The number of nitrogens with zero attached hydrogens (tertiary/aromatic N) is 3. The standard InChI is InChI=1S/C21H19F3N4O2/c22-15-4-1-13(2-5-15)11-18(29)27-7-9-28(10-8-27)21(30)14-3-6-16-17(12-14)26-20(25-16)19(23)24/h1-6,12,19H,7-11H2,(H,25,26). The van der Waals surface area contributed by atoms with E-state index in [1.807, 2.05) is 0 Å². The molecule has 0 aliphatic carbocycles. The van der Waals surface area contributed by atoms with E-state index < -0.39 is 12.2 Å². The second-order valence-electron chi connectivity index (χ2n) is 7.13. The minimum absolute atomic E-state index is 0.0767. The van der Waals surface area contributed by atoms with Crippen LogP contribution in [0.15, 0.2) is 42.5 Å². The molecule has 30 heavy (non-hydrogen) atoms. The first-order chi connectivity index (χ1) is 14.4. The summed E-state index contributed by atoms with van der Waals surface area (Å²) in [6.45, 7) is 1.54. The molecular formula is C21H19F3N4O2. The Morgan fingerprint density at radius 1 is 1.00 bits per heavy atom. The number of hydrogen-bond donors (Lipinski definition) is 1. The van der Waals surface area contributed by atoms with Gasteiger partial charge in [-0.25, -0.2) is 18.2 Å². The average molecular weight is 416 g/mol. The molecule has 1 saturated heterocycles. The second-order valence-corrected chi connectivity index (χ2v) is 7.13. The van der Waals surface area contributed by atoms with Crippen LogP contribution in [0, 0.1) is 5.82 Å². The molecule has 1 N–H and O–H groups in total. The molecule has 0 radical (unpaired) electrons. The molecule has 1 aromatic heterocycles. The lowest BCUT2D eigenvalue weighted by Crippen LogP contribution is -2.51. The van der Waals surface area contributed by atoms with Gasteiger partial charge in [-0.3, -0.25) is 9.59 Å². The summed E-state index contributed by atoms with van der Waals surface area (Å²) in [7, 11) is 0. The van der Waals surface area contributed by atoms with Crippen molar-refractivity contribution in [2.45, 2.75) is 12.8 Å². The van der Waals surface area contributed by atoms with Crippen LogP contribution in [0.1, 0.15) is 28.2 Å². The molecule has 3 aromatic rings. The zero-order valence-corrected chi connectivity index (χ0v) is 15.9. The Bertz CT molecular complexity index is 1070. The molecule has 9 heteroatoms. The third-order valence-corrected chi connectivity index (χ3v) is 5.14. The third-order valence-electron chi connectivity index (χ3n) is 5.14. The van der Waals surface area contributed by atoms with E-state index in [-0.39, 0.29) is 24.1 Å². The van der Waals surface area contributed by atoms with Crippen LogP contribution >= 0.6 is 0 Å². The summed E-state index contributed by atoms with van der Waals surface area (Å²) < 4.78 is 38.6. The van der Waals surface area contributed by atoms with E-state index in [1.54, 1.807) is 28.0 Å². The highest BCUT2D eigenvalue weighted by Gasteiger charge is 2.25. The van der Waals surface area contributed by atoms with Crippen LogP contribution in [-0.4, -0.2) is 57.8 Å². The number of benzene rings is 2. The number of amides is 2. The van der Waals surface area contributed by atoms with Gasteiger partial charge in [0.15, 0.2) is 5.82 Å². The van der Waals surface area contributed by atoms with Gasteiger partial charge in [0.1, 0.15) is 5.82 Å². The lowest BCUT2D eigenvalue weighted by molar-refractivity contribution is -0.131. The smallest absolute Gasteiger partial charge is 0.295 e. The van der Waals surface area contributed by atoms with Crippen molar-refractivity contribution >= 4 is 22.8 Å². The molecule has 0 spiro atoms. The number of rotatable bonds is 4. The van der Waals surface area contributed by atoms with Crippen molar-refractivity contribution in [1.29, 1.82) is 0 Å². The minimum Gasteiger partial charge on any atom is -0.339 e. The molecule has 2 heterocycles. The minimum atomic E-state index is -2.71. The van der Waals surface area contributed by atoms with Gasteiger partial charge < -0.3 is 14.8 Å². The first-order valence-electron chi connectivity index (χ1n) is 9.50. The predicted octanol–water partition coefficient (Wildman–Crippen LogP) is 3.17. The number of aromatic amines is 1. The normalized spacial score (nSPS) is 14.5. The van der Waals surface area contributed by atoms with Crippen molar-refractivity contribution in [2.75, 3.05) is 26.2 Å². The van der Waals surface area contributed by atoms with Crippen LogP contribution in [0.5, 0.6) is 0 Å². The Balaban J connectivity index is 1.37. The number of nitrogens with one attached hydrogen (secondary N) is 1. The van der Waals surface area contributed by atoms with Gasteiger partial charge in [-0.1, -0.05) is 12.1 Å². The third kappa shape index (κ3) is 4.14. The average Bonchev–Trinajstić information content (AvgIpc) is 3.19. The fraction of sp³-hybridized carbons (Fsp3) is 0.286. The van der Waals surface area contributed by atoms with Crippen molar-refractivity contribution in [1.82, 2.24) is 19.8 Å². The maximum absolute atomic E-state index is 13.0. The van der Waals surface area contributed by atoms with Gasteiger partial charge in [0.05, 0.1) is 17.5 Å². The summed E-state index contributed by atoms with van der Waals surface area (Å²) in [5, 5.41) is 0. The molecular weight excluding hydrogens is 397 g/mol. The van der Waals surface area contributed by atoms with Gasteiger partial charge in [0, 0.05) is 31.7 Å². The number of halogens is 3. The number of carbonyl (C=O) groups is 2. The highest BCUT2D eigenvalue weighted by Crippen LogP contribution is 2.21. The Hall–Kier alpha value is -3.36. The van der Waals surface area contributed by atoms with Crippen molar-refractivity contribution in [3.63, 3.8) is 0 Å². The van der Waals surface area contributed by atoms with Gasteiger partial charge in [-0.2, -0.15) is 0 Å². The summed E-state index contributed by atoms with van der Waals surface area (Å²) in [6, 6.07) is 10.4. The lowest BCUT2D eigenvalue weighted by Gasteiger charge is -2.35. The van der Waals surface area contributed by atoms with E-state index in [0.717, 1.165) is 5.56 Å². The summed E-state index contributed by atoms with van der Waals surface area (Å²) in [4.78, 5) is 34.9. The summed E-state index contributed by atoms with van der Waals surface area (Å²) in [6.07, 6.45) is -2.53. The van der Waals surface area contributed by atoms with E-state index in [1.165, 1.54) is 24.3 Å². The lowest BCUT2D eigenvalue weighted by atomic mass is 10.1. The first kappa shape index (κ1) is 19.9. The van der Waals surface area contributed by atoms with Gasteiger partial charge in [0.2, 0.25) is 5.91 Å². The van der Waals surface area contributed by atoms with E-state index in [4.69, 9.17) is 0 Å². The number of imidazole rings is 1. The highest BCUT2D eigenvalue weighted by atomic mass is 19.3. The van der Waals surface area contributed by atoms with Crippen LogP contribution in [0.4, 0.5) is 13.2 Å². The fourth-order valence-corrected chi connectivity index (χ4v) is 3.50. The Labute approximate surface area is 170 Å². The zero-order valence-electron chi connectivity index (χ0n) is 15.9. The number of fused-ring (bicyclic) bond motifs is 1. The number of hydrogen-bond acceptors (Lipinski definition) is 3. The van der Waals surface area contributed by atoms with Gasteiger partial charge >= 0.3 is 0 Å². The molecule has 1 fully saturated rings. The Morgan fingerprint density at radius 3 is 2.33 bits per heavy atom. The molecule has 1 aliphatic heterocycles. The van der Waals surface area contributed by atoms with E-state index >= 15 is 0 Å². The van der Waals surface area contributed by atoms with E-state index in [2.05, 4.69) is 9.97 Å². The predicted molar refractivity (Wildman–Crippen MR) is 104 cm³/mol. The molecule has 156 valence electrons. The number of aromatic nitrogens is 2. The maximum atomic E-state index is 13.0. The largest absolute Gasteiger partial charge is 0.339 e. The van der Waals surface area contributed by atoms with Crippen LogP contribution in [0.3, 0.4) is 0 Å². The first-order valence-corrected chi connectivity index (χ1v) is 9.50. The molecule has 0 bridgehead atoms. The fourth-order valence-electron chi connectivity index (χ4n) is 3.50. The maximum Gasteiger partial charge on any atom is 0.295 e. The number of piperazine rings is 1. The van der Waals surface area contributed by atoms with Crippen molar-refractivity contribution in [3.8, 4) is 0 Å². The van der Waals surface area contributed by atoms with Crippen LogP contribution in [0.2, 0.25) is 0 Å². The van der Waals surface area contributed by atoms with Crippen LogP contribution < -0.4 is 0 Å².